The van der Waals surface area contributed by atoms with E-state index in [1.54, 1.807) is 6.20 Å². The molecule has 0 atom stereocenters. The number of nitrogens with zero attached hydrogens (tertiary/aromatic N) is 4. The van der Waals surface area contributed by atoms with Crippen molar-refractivity contribution in [3.63, 3.8) is 0 Å². The van der Waals surface area contributed by atoms with Crippen molar-refractivity contribution in [2.24, 2.45) is 0 Å². The second-order valence-electron chi connectivity index (χ2n) is 15.4. The van der Waals surface area contributed by atoms with Crippen LogP contribution in [-0.2, 0) is 63.2 Å². The zero-order valence-corrected chi connectivity index (χ0v) is 48.7. The van der Waals surface area contributed by atoms with Crippen molar-refractivity contribution < 1.29 is 79.4 Å². The summed E-state index contributed by atoms with van der Waals surface area (Å²) in [6.07, 6.45) is 9.53. The van der Waals surface area contributed by atoms with Crippen LogP contribution in [0.3, 0.4) is 0 Å². The van der Waals surface area contributed by atoms with Crippen LogP contribution >= 0.6 is 0 Å². The molecule has 0 fully saturated rings. The number of halogens is 3. The maximum atomic E-state index is 10.7. The van der Waals surface area contributed by atoms with E-state index in [0.717, 1.165) is 72.1 Å². The van der Waals surface area contributed by atoms with E-state index in [1.807, 2.05) is 158 Å². The number of pyridine rings is 4. The van der Waals surface area contributed by atoms with Gasteiger partial charge in [-0.25, -0.2) is 8.42 Å². The summed E-state index contributed by atoms with van der Waals surface area (Å²) < 4.78 is 58.9. The molecule has 10 rings (SSSR count). The normalized spacial score (nSPS) is 9.92. The molecule has 4 aromatic heterocycles. The topological polar surface area (TPSA) is 149 Å². The van der Waals surface area contributed by atoms with Gasteiger partial charge in [-0.1, -0.05) is 135 Å². The molecule has 0 amide bonds. The van der Waals surface area contributed by atoms with Crippen LogP contribution in [0.5, 0.6) is 0 Å². The summed E-state index contributed by atoms with van der Waals surface area (Å²) in [5, 5.41) is 14.0. The van der Waals surface area contributed by atoms with Crippen LogP contribution < -0.4 is 0 Å². The molecule has 0 aliphatic heterocycles. The number of benzene rings is 6. The second-order valence-corrected chi connectivity index (χ2v) is 16.8. The first-order valence-corrected chi connectivity index (χ1v) is 25.1. The molecule has 2 N–H and O–H groups in total. The molecule has 0 saturated carbocycles. The zero-order valence-electron chi connectivity index (χ0n) is 43.0. The minimum Gasteiger partial charge on any atom is -0.741 e. The largest absolute Gasteiger partial charge is 0.741 e. The van der Waals surface area contributed by atoms with Crippen LogP contribution in [0, 0.1) is 18.2 Å². The molecule has 0 aliphatic rings. The summed E-state index contributed by atoms with van der Waals surface area (Å²) in [6, 6.07) is 80.5. The number of rotatable bonds is 8. The first kappa shape index (κ1) is 66.9. The smallest absolute Gasteiger partial charge is 0.485 e. The number of aliphatic hydroxyl groups is 2. The summed E-state index contributed by atoms with van der Waals surface area (Å²) in [5.41, 5.74) is 10.1. The minimum absolute atomic E-state index is 0. The predicted molar refractivity (Wildman–Crippen MR) is 301 cm³/mol. The Morgan fingerprint density at radius 1 is 0.449 bits per heavy atom. The fourth-order valence-electron chi connectivity index (χ4n) is 6.95. The Morgan fingerprint density at radius 3 is 1.05 bits per heavy atom. The monoisotopic (exact) mass is 1430 g/mol. The SMILES string of the molecule is CCc1cc(-c2[c-]cccc2)ncc1-c1ccccc1.CCc1cc(-c2[c-]cccc2)ncc1-c1ccccc1.CO.CO.O=S(=O)([O-])C(F)(F)F.[HH].[HH].[Ir].[Ir].[c-]1ccccc1-c1ccccn1.c1ccc(-c2ccccn2)cc1. The number of hydrogen-bond donors (Lipinski definition) is 2. The Kier molecular flexibility index (Phi) is 31.6. The quantitative estimate of drug-likeness (QED) is 0.0861. The zero-order chi connectivity index (χ0) is 55.0. The van der Waals surface area contributed by atoms with Crippen LogP contribution in [-0.4, -0.2) is 62.8 Å². The van der Waals surface area contributed by atoms with E-state index in [2.05, 4.69) is 125 Å². The van der Waals surface area contributed by atoms with Gasteiger partial charge in [0.1, 0.15) is 0 Å². The Balaban J connectivity index is 0.000000978. The molecule has 4 heterocycles. The van der Waals surface area contributed by atoms with E-state index in [4.69, 9.17) is 23.2 Å². The molecule has 15 heteroatoms. The third kappa shape index (κ3) is 22.1. The molecule has 0 saturated heterocycles. The van der Waals surface area contributed by atoms with E-state index in [9.17, 15) is 13.2 Å². The number of aliphatic hydroxyl groups excluding tert-OH is 2. The standard InChI is InChI=1S/2C19H16N.C11H9N.C11H8N.CHF3O3S.2CH4O.2Ir.2H2/c2*1-2-15-13-19(17-11-7-4-8-12-17)20-14-18(15)16-9-5-3-6-10-16;2*1-2-6-10(7-3-1)11-8-4-5-9-12-11;2-1(3,4)8(5,6)7;2*1-2;;;;/h2*3-11,13-14H,2H2,1H3;1-9H;1-6,8-9H;(H,5,6,7);2*2H,1H3;;;2*1H/q2*-1;;-1;;;;;;;/p-1. The predicted octanol–water partition coefficient (Wildman–Crippen LogP) is 14.6. The van der Waals surface area contributed by atoms with Gasteiger partial charge in [0.25, 0.3) is 0 Å². The minimum atomic E-state index is -6.09. The Bertz CT molecular complexity index is 2990. The first-order valence-electron chi connectivity index (χ1n) is 23.7. The molecule has 9 nitrogen and oxygen atoms in total. The fraction of sp³-hybridized carbons (Fsp3) is 0.111. The van der Waals surface area contributed by atoms with Crippen molar-refractivity contribution in [3.8, 4) is 67.3 Å². The van der Waals surface area contributed by atoms with Crippen LogP contribution in [0.15, 0.2) is 237 Å². The van der Waals surface area contributed by atoms with Gasteiger partial charge in [-0.05, 0) is 70.4 Å². The maximum Gasteiger partial charge on any atom is 0.485 e. The number of alkyl halides is 3. The van der Waals surface area contributed by atoms with E-state index in [-0.39, 0.29) is 43.1 Å². The molecular formula is C63H61F3Ir2N4O5S-4. The van der Waals surface area contributed by atoms with Gasteiger partial charge < -0.3 is 29.7 Å². The summed E-state index contributed by atoms with van der Waals surface area (Å²) >= 11 is 0. The molecule has 78 heavy (non-hydrogen) atoms. The van der Waals surface area contributed by atoms with E-state index < -0.39 is 15.6 Å². The summed E-state index contributed by atoms with van der Waals surface area (Å²) in [6.45, 7) is 4.36. The molecule has 412 valence electrons. The van der Waals surface area contributed by atoms with Crippen LogP contribution in [0.1, 0.15) is 27.8 Å². The van der Waals surface area contributed by atoms with E-state index >= 15 is 0 Å². The van der Waals surface area contributed by atoms with Crippen molar-refractivity contribution in [3.05, 3.63) is 266 Å². The van der Waals surface area contributed by atoms with Crippen molar-refractivity contribution in [2.75, 3.05) is 14.2 Å². The van der Waals surface area contributed by atoms with Gasteiger partial charge in [0.2, 0.25) is 0 Å². The van der Waals surface area contributed by atoms with Crippen LogP contribution in [0.2, 0.25) is 0 Å². The molecule has 0 unspecified atom stereocenters. The van der Waals surface area contributed by atoms with Gasteiger partial charge in [-0.2, -0.15) is 13.2 Å². The fourth-order valence-corrected chi connectivity index (χ4v) is 6.95. The summed E-state index contributed by atoms with van der Waals surface area (Å²) in [5.74, 6) is 0. The Morgan fingerprint density at radius 2 is 0.756 bits per heavy atom. The summed E-state index contributed by atoms with van der Waals surface area (Å²) in [4.78, 5) is 17.7. The van der Waals surface area contributed by atoms with Gasteiger partial charge in [0.05, 0.1) is 5.69 Å². The van der Waals surface area contributed by atoms with Gasteiger partial charge >= 0.3 is 5.51 Å². The molecule has 0 bridgehead atoms. The van der Waals surface area contributed by atoms with Crippen LogP contribution in [0.4, 0.5) is 13.2 Å². The van der Waals surface area contributed by atoms with E-state index in [0.29, 0.717) is 0 Å². The summed E-state index contributed by atoms with van der Waals surface area (Å²) in [7, 11) is -4.09. The molecule has 2 radical (unpaired) electrons. The van der Waals surface area contributed by atoms with E-state index in [1.165, 1.54) is 33.4 Å². The van der Waals surface area contributed by atoms with Crippen molar-refractivity contribution in [2.45, 2.75) is 32.2 Å². The van der Waals surface area contributed by atoms with Crippen molar-refractivity contribution >= 4 is 10.1 Å². The Hall–Kier alpha value is -7.16. The third-order valence-electron chi connectivity index (χ3n) is 10.5. The van der Waals surface area contributed by atoms with Crippen molar-refractivity contribution in [1.29, 1.82) is 0 Å². The van der Waals surface area contributed by atoms with Crippen molar-refractivity contribution in [1.82, 2.24) is 19.9 Å². The second kappa shape index (κ2) is 36.8. The number of aromatic nitrogens is 4. The molecule has 10 aromatic rings. The molecule has 0 spiro atoms. The average molecular weight is 1430 g/mol. The molecule has 6 aromatic carbocycles. The first-order chi connectivity index (χ1) is 36.9. The number of hydrogen-bond acceptors (Lipinski definition) is 9. The number of aryl methyl sites for hydroxylation is 2. The maximum absolute atomic E-state index is 10.7. The van der Waals surface area contributed by atoms with Gasteiger partial charge in [0.15, 0.2) is 10.1 Å². The van der Waals surface area contributed by atoms with Gasteiger partial charge in [-0.15, -0.1) is 108 Å². The van der Waals surface area contributed by atoms with Gasteiger partial charge in [-0.3, -0.25) is 4.98 Å². The third-order valence-corrected chi connectivity index (χ3v) is 11.1. The average Bonchev–Trinajstić information content (AvgIpc) is 3.50. The van der Waals surface area contributed by atoms with Gasteiger partial charge in [0, 0.05) is 98.8 Å². The molecule has 0 aliphatic carbocycles. The van der Waals surface area contributed by atoms with Crippen LogP contribution in [0.25, 0.3) is 67.3 Å². The molecular weight excluding hydrogens is 1370 g/mol. The Labute approximate surface area is 486 Å².